The van der Waals surface area contributed by atoms with Gasteiger partial charge in [0.25, 0.3) is 0 Å². The molecule has 4 nitrogen and oxygen atoms in total. The lowest BCUT2D eigenvalue weighted by Crippen LogP contribution is -2.39. The van der Waals surface area contributed by atoms with Crippen molar-refractivity contribution in [1.29, 1.82) is 0 Å². The molecule has 1 saturated carbocycles. The topological polar surface area (TPSA) is 69.4 Å². The van der Waals surface area contributed by atoms with Crippen LogP contribution in [-0.4, -0.2) is 38.2 Å². The smallest absolute Gasteiger partial charge is 0.156 e. The summed E-state index contributed by atoms with van der Waals surface area (Å²) in [4.78, 5) is 0. The van der Waals surface area contributed by atoms with E-state index in [1.807, 2.05) is 6.92 Å². The highest BCUT2D eigenvalue weighted by Gasteiger charge is 2.43. The highest BCUT2D eigenvalue weighted by molar-refractivity contribution is 7.92. The first-order valence-corrected chi connectivity index (χ1v) is 7.70. The molecule has 2 rings (SSSR count). The van der Waals surface area contributed by atoms with Crippen LogP contribution >= 0.6 is 0 Å². The SMILES string of the molecule is CC1C(N)CCC1S(=O)(=O)C1CCOCC1. The number of sulfone groups is 1. The summed E-state index contributed by atoms with van der Waals surface area (Å²) in [6.07, 6.45) is 2.89. The molecular formula is C11H21NO3S. The van der Waals surface area contributed by atoms with Gasteiger partial charge in [-0.1, -0.05) is 6.92 Å². The van der Waals surface area contributed by atoms with Crippen molar-refractivity contribution in [1.82, 2.24) is 0 Å². The zero-order valence-corrected chi connectivity index (χ0v) is 10.6. The van der Waals surface area contributed by atoms with E-state index in [1.165, 1.54) is 0 Å². The quantitative estimate of drug-likeness (QED) is 0.780. The highest BCUT2D eigenvalue weighted by atomic mass is 32.2. The Balaban J connectivity index is 2.12. The Morgan fingerprint density at radius 1 is 1.12 bits per heavy atom. The summed E-state index contributed by atoms with van der Waals surface area (Å²) in [5.41, 5.74) is 5.91. The third-order valence-electron chi connectivity index (χ3n) is 4.10. The van der Waals surface area contributed by atoms with Crippen molar-refractivity contribution in [3.8, 4) is 0 Å². The van der Waals surface area contributed by atoms with Gasteiger partial charge in [-0.25, -0.2) is 8.42 Å². The van der Waals surface area contributed by atoms with Crippen LogP contribution in [0.5, 0.6) is 0 Å². The first-order valence-electron chi connectivity index (χ1n) is 6.09. The van der Waals surface area contributed by atoms with Crippen LogP contribution in [0.2, 0.25) is 0 Å². The second-order valence-electron chi connectivity index (χ2n) is 5.04. The van der Waals surface area contributed by atoms with E-state index in [9.17, 15) is 8.42 Å². The Morgan fingerprint density at radius 2 is 1.75 bits per heavy atom. The zero-order valence-electron chi connectivity index (χ0n) is 9.76. The average molecular weight is 247 g/mol. The molecule has 1 saturated heterocycles. The highest BCUT2D eigenvalue weighted by Crippen LogP contribution is 2.34. The molecule has 0 radical (unpaired) electrons. The lowest BCUT2D eigenvalue weighted by Gasteiger charge is -2.27. The number of hydrogen-bond acceptors (Lipinski definition) is 4. The summed E-state index contributed by atoms with van der Waals surface area (Å²) in [6, 6.07) is 0.0552. The molecule has 1 aliphatic heterocycles. The van der Waals surface area contributed by atoms with Crippen LogP contribution in [-0.2, 0) is 14.6 Å². The largest absolute Gasteiger partial charge is 0.381 e. The maximum absolute atomic E-state index is 12.4. The minimum atomic E-state index is -3.00. The molecule has 1 aliphatic carbocycles. The fourth-order valence-electron chi connectivity index (χ4n) is 2.87. The van der Waals surface area contributed by atoms with Crippen LogP contribution in [0, 0.1) is 5.92 Å². The molecule has 5 heteroatoms. The molecular weight excluding hydrogens is 226 g/mol. The van der Waals surface area contributed by atoms with Crippen LogP contribution < -0.4 is 5.73 Å². The fourth-order valence-corrected chi connectivity index (χ4v) is 5.48. The van der Waals surface area contributed by atoms with Gasteiger partial charge in [-0.3, -0.25) is 0 Å². The van der Waals surface area contributed by atoms with E-state index < -0.39 is 9.84 Å². The van der Waals surface area contributed by atoms with Crippen molar-refractivity contribution < 1.29 is 13.2 Å². The molecule has 0 bridgehead atoms. The summed E-state index contributed by atoms with van der Waals surface area (Å²) >= 11 is 0. The van der Waals surface area contributed by atoms with E-state index in [0.29, 0.717) is 26.1 Å². The van der Waals surface area contributed by atoms with E-state index >= 15 is 0 Å². The van der Waals surface area contributed by atoms with Crippen LogP contribution in [0.4, 0.5) is 0 Å². The van der Waals surface area contributed by atoms with E-state index in [2.05, 4.69) is 0 Å². The number of hydrogen-bond donors (Lipinski definition) is 1. The van der Waals surface area contributed by atoms with Crippen molar-refractivity contribution in [3.63, 3.8) is 0 Å². The van der Waals surface area contributed by atoms with Gasteiger partial charge in [-0.05, 0) is 31.6 Å². The minimum absolute atomic E-state index is 0.0552. The number of rotatable bonds is 2. The molecule has 0 aromatic rings. The third-order valence-corrected chi connectivity index (χ3v) is 7.01. The van der Waals surface area contributed by atoms with Gasteiger partial charge in [-0.2, -0.15) is 0 Å². The first kappa shape index (κ1) is 12.3. The van der Waals surface area contributed by atoms with E-state index in [-0.39, 0.29) is 22.5 Å². The standard InChI is InChI=1S/C11H21NO3S/c1-8-10(12)2-3-11(8)16(13,14)9-4-6-15-7-5-9/h8-11H,2-7,12H2,1H3. The maximum atomic E-state index is 12.4. The Kier molecular flexibility index (Phi) is 3.56. The first-order chi connectivity index (χ1) is 7.53. The van der Waals surface area contributed by atoms with Crippen LogP contribution in [0.25, 0.3) is 0 Å². The molecule has 2 aliphatic rings. The molecule has 3 atom stereocenters. The lowest BCUT2D eigenvalue weighted by atomic mass is 10.1. The van der Waals surface area contributed by atoms with Crippen LogP contribution in [0.1, 0.15) is 32.6 Å². The van der Waals surface area contributed by atoms with Gasteiger partial charge >= 0.3 is 0 Å². The van der Waals surface area contributed by atoms with Crippen molar-refractivity contribution in [3.05, 3.63) is 0 Å². The molecule has 2 fully saturated rings. The summed E-state index contributed by atoms with van der Waals surface area (Å²) in [5, 5.41) is -0.412. The Morgan fingerprint density at radius 3 is 2.25 bits per heavy atom. The normalized spacial score (nSPS) is 37.8. The molecule has 3 unspecified atom stereocenters. The third kappa shape index (κ3) is 2.13. The van der Waals surface area contributed by atoms with Crippen molar-refractivity contribution in [2.24, 2.45) is 11.7 Å². The fraction of sp³-hybridized carbons (Fsp3) is 1.00. The Hall–Kier alpha value is -0.130. The van der Waals surface area contributed by atoms with Crippen molar-refractivity contribution in [2.75, 3.05) is 13.2 Å². The van der Waals surface area contributed by atoms with Gasteiger partial charge in [-0.15, -0.1) is 0 Å². The molecule has 16 heavy (non-hydrogen) atoms. The monoisotopic (exact) mass is 247 g/mol. The maximum Gasteiger partial charge on any atom is 0.156 e. The molecule has 0 amide bonds. The van der Waals surface area contributed by atoms with Crippen molar-refractivity contribution >= 4 is 9.84 Å². The van der Waals surface area contributed by atoms with Crippen LogP contribution in [0.15, 0.2) is 0 Å². The van der Waals surface area contributed by atoms with Gasteiger partial charge in [0, 0.05) is 19.3 Å². The predicted molar refractivity (Wildman–Crippen MR) is 62.9 cm³/mol. The van der Waals surface area contributed by atoms with Gasteiger partial charge in [0.05, 0.1) is 10.5 Å². The second kappa shape index (κ2) is 4.63. The second-order valence-corrected chi connectivity index (χ2v) is 7.49. The van der Waals surface area contributed by atoms with Gasteiger partial charge < -0.3 is 10.5 Å². The van der Waals surface area contributed by atoms with Gasteiger partial charge in [0.15, 0.2) is 9.84 Å². The summed E-state index contributed by atoms with van der Waals surface area (Å²) in [5.74, 6) is 0.104. The summed E-state index contributed by atoms with van der Waals surface area (Å²) in [6.45, 7) is 3.13. The Bertz CT molecular complexity index is 335. The van der Waals surface area contributed by atoms with E-state index in [0.717, 1.165) is 12.8 Å². The summed E-state index contributed by atoms with van der Waals surface area (Å²) < 4.78 is 30.1. The van der Waals surface area contributed by atoms with Gasteiger partial charge in [0.1, 0.15) is 0 Å². The number of ether oxygens (including phenoxy) is 1. The molecule has 94 valence electrons. The average Bonchev–Trinajstić information content (AvgIpc) is 2.61. The molecule has 0 spiro atoms. The zero-order chi connectivity index (χ0) is 11.8. The van der Waals surface area contributed by atoms with E-state index in [1.54, 1.807) is 0 Å². The molecule has 0 aromatic carbocycles. The lowest BCUT2D eigenvalue weighted by molar-refractivity contribution is 0.0981. The molecule has 1 heterocycles. The number of nitrogens with two attached hydrogens (primary N) is 1. The van der Waals surface area contributed by atoms with E-state index in [4.69, 9.17) is 10.5 Å². The van der Waals surface area contributed by atoms with Crippen molar-refractivity contribution in [2.45, 2.75) is 49.1 Å². The Labute approximate surface area is 97.5 Å². The predicted octanol–water partition coefficient (Wildman–Crippen LogP) is 0.706. The molecule has 2 N–H and O–H groups in total. The van der Waals surface area contributed by atoms with Gasteiger partial charge in [0.2, 0.25) is 0 Å². The summed E-state index contributed by atoms with van der Waals surface area (Å²) in [7, 11) is -3.00. The minimum Gasteiger partial charge on any atom is -0.381 e. The molecule has 0 aromatic heterocycles. The van der Waals surface area contributed by atoms with Crippen LogP contribution in [0.3, 0.4) is 0 Å².